The number of benzene rings is 1. The number of aromatic nitrogens is 3. The van der Waals surface area contributed by atoms with Crippen LogP contribution in [0.1, 0.15) is 5.01 Å². The standard InChI is InChI=1S/C13H14N4S/c1-14-7-12-15-10(8-18-12)13-16-9-5-3-4-6-11(9)17(13)2/h3-6,8,14H,7H2,1-2H3. The first-order chi connectivity index (χ1) is 8.79. The zero-order chi connectivity index (χ0) is 12.5. The van der Waals surface area contributed by atoms with Crippen LogP contribution in [-0.4, -0.2) is 21.6 Å². The monoisotopic (exact) mass is 258 g/mol. The van der Waals surface area contributed by atoms with Crippen LogP contribution in [0.3, 0.4) is 0 Å². The van der Waals surface area contributed by atoms with Crippen LogP contribution in [0.15, 0.2) is 29.6 Å². The molecule has 0 radical (unpaired) electrons. The van der Waals surface area contributed by atoms with E-state index < -0.39 is 0 Å². The van der Waals surface area contributed by atoms with E-state index in [1.807, 2.05) is 32.3 Å². The number of nitrogens with one attached hydrogen (secondary N) is 1. The molecule has 92 valence electrons. The van der Waals surface area contributed by atoms with E-state index in [0.29, 0.717) is 0 Å². The zero-order valence-electron chi connectivity index (χ0n) is 10.3. The summed E-state index contributed by atoms with van der Waals surface area (Å²) in [7, 11) is 3.96. The highest BCUT2D eigenvalue weighted by atomic mass is 32.1. The fraction of sp³-hybridized carbons (Fsp3) is 0.231. The molecule has 0 aliphatic rings. The molecule has 0 atom stereocenters. The van der Waals surface area contributed by atoms with Crippen LogP contribution in [0, 0.1) is 0 Å². The summed E-state index contributed by atoms with van der Waals surface area (Å²) in [6, 6.07) is 8.14. The molecule has 0 saturated carbocycles. The van der Waals surface area contributed by atoms with Gasteiger partial charge in [0, 0.05) is 19.0 Å². The third-order valence-electron chi connectivity index (χ3n) is 2.90. The molecule has 2 heterocycles. The second-order valence-corrected chi connectivity index (χ2v) is 5.08. The van der Waals surface area contributed by atoms with E-state index in [2.05, 4.69) is 31.3 Å². The summed E-state index contributed by atoms with van der Waals surface area (Å²) in [5, 5.41) is 6.26. The summed E-state index contributed by atoms with van der Waals surface area (Å²) >= 11 is 1.66. The van der Waals surface area contributed by atoms with E-state index >= 15 is 0 Å². The van der Waals surface area contributed by atoms with Crippen molar-refractivity contribution in [1.29, 1.82) is 0 Å². The molecule has 0 saturated heterocycles. The number of rotatable bonds is 3. The fourth-order valence-electron chi connectivity index (χ4n) is 2.02. The Morgan fingerprint density at radius 2 is 2.11 bits per heavy atom. The van der Waals surface area contributed by atoms with Crippen molar-refractivity contribution in [3.05, 3.63) is 34.7 Å². The SMILES string of the molecule is CNCc1nc(-c2nc3ccccc3n2C)cs1. The highest BCUT2D eigenvalue weighted by Crippen LogP contribution is 2.24. The van der Waals surface area contributed by atoms with Crippen LogP contribution < -0.4 is 5.32 Å². The summed E-state index contributed by atoms with van der Waals surface area (Å²) in [5.74, 6) is 0.926. The van der Waals surface area contributed by atoms with E-state index in [9.17, 15) is 0 Å². The Morgan fingerprint density at radius 1 is 1.28 bits per heavy atom. The molecule has 2 aromatic heterocycles. The topological polar surface area (TPSA) is 42.7 Å². The van der Waals surface area contributed by atoms with Crippen molar-refractivity contribution in [2.24, 2.45) is 7.05 Å². The van der Waals surface area contributed by atoms with Gasteiger partial charge < -0.3 is 9.88 Å². The molecule has 0 aliphatic heterocycles. The molecule has 0 aliphatic carbocycles. The van der Waals surface area contributed by atoms with E-state index in [1.54, 1.807) is 11.3 Å². The summed E-state index contributed by atoms with van der Waals surface area (Å²) < 4.78 is 2.09. The minimum atomic E-state index is 0.800. The fourth-order valence-corrected chi connectivity index (χ4v) is 2.81. The number of hydrogen-bond donors (Lipinski definition) is 1. The zero-order valence-corrected chi connectivity index (χ0v) is 11.2. The van der Waals surface area contributed by atoms with E-state index in [4.69, 9.17) is 0 Å². The van der Waals surface area contributed by atoms with Gasteiger partial charge in [-0.2, -0.15) is 0 Å². The Bertz CT molecular complexity index is 683. The van der Waals surface area contributed by atoms with Gasteiger partial charge in [0.1, 0.15) is 10.7 Å². The highest BCUT2D eigenvalue weighted by molar-refractivity contribution is 7.09. The molecular formula is C13H14N4S. The third-order valence-corrected chi connectivity index (χ3v) is 3.74. The van der Waals surface area contributed by atoms with E-state index in [-0.39, 0.29) is 0 Å². The van der Waals surface area contributed by atoms with Crippen LogP contribution >= 0.6 is 11.3 Å². The van der Waals surface area contributed by atoms with Gasteiger partial charge >= 0.3 is 0 Å². The van der Waals surface area contributed by atoms with E-state index in [0.717, 1.165) is 34.1 Å². The smallest absolute Gasteiger partial charge is 0.160 e. The molecule has 0 amide bonds. The molecule has 18 heavy (non-hydrogen) atoms. The number of fused-ring (bicyclic) bond motifs is 1. The number of imidazole rings is 1. The van der Waals surface area contributed by atoms with E-state index in [1.165, 1.54) is 0 Å². The normalized spacial score (nSPS) is 11.2. The summed E-state index contributed by atoms with van der Waals surface area (Å²) in [5.41, 5.74) is 3.10. The molecule has 5 heteroatoms. The second-order valence-electron chi connectivity index (χ2n) is 4.14. The molecule has 3 aromatic rings. The lowest BCUT2D eigenvalue weighted by molar-refractivity contribution is 0.809. The maximum Gasteiger partial charge on any atom is 0.160 e. The van der Waals surface area contributed by atoms with Crippen LogP contribution in [0.2, 0.25) is 0 Å². The molecule has 3 rings (SSSR count). The molecule has 1 N–H and O–H groups in total. The highest BCUT2D eigenvalue weighted by Gasteiger charge is 2.12. The van der Waals surface area contributed by atoms with Crippen molar-refractivity contribution >= 4 is 22.4 Å². The molecular weight excluding hydrogens is 244 g/mol. The van der Waals surface area contributed by atoms with Gasteiger partial charge in [-0.1, -0.05) is 12.1 Å². The van der Waals surface area contributed by atoms with Crippen molar-refractivity contribution in [1.82, 2.24) is 19.9 Å². The van der Waals surface area contributed by atoms with Crippen molar-refractivity contribution in [3.8, 4) is 11.5 Å². The van der Waals surface area contributed by atoms with Gasteiger partial charge in [-0.3, -0.25) is 0 Å². The second kappa shape index (κ2) is 4.51. The first-order valence-corrected chi connectivity index (χ1v) is 6.68. The van der Waals surface area contributed by atoms with Crippen molar-refractivity contribution < 1.29 is 0 Å². The van der Waals surface area contributed by atoms with Gasteiger partial charge in [-0.05, 0) is 19.2 Å². The first-order valence-electron chi connectivity index (χ1n) is 5.80. The van der Waals surface area contributed by atoms with Gasteiger partial charge in [-0.15, -0.1) is 11.3 Å². The lowest BCUT2D eigenvalue weighted by Gasteiger charge is -1.98. The minimum Gasteiger partial charge on any atom is -0.326 e. The Kier molecular flexibility index (Phi) is 2.85. The Labute approximate surface area is 109 Å². The lowest BCUT2D eigenvalue weighted by atomic mass is 10.3. The average molecular weight is 258 g/mol. The summed E-state index contributed by atoms with van der Waals surface area (Å²) in [6.45, 7) is 0.800. The third kappa shape index (κ3) is 1.81. The van der Waals surface area contributed by atoms with Crippen molar-refractivity contribution in [2.75, 3.05) is 7.05 Å². The maximum atomic E-state index is 4.64. The molecule has 1 aromatic carbocycles. The molecule has 0 spiro atoms. The van der Waals surface area contributed by atoms with Gasteiger partial charge in [-0.25, -0.2) is 9.97 Å². The quantitative estimate of drug-likeness (QED) is 0.784. The van der Waals surface area contributed by atoms with Crippen LogP contribution in [0.4, 0.5) is 0 Å². The number of aryl methyl sites for hydroxylation is 1. The average Bonchev–Trinajstić information content (AvgIpc) is 2.96. The molecule has 0 fully saturated rings. The van der Waals surface area contributed by atoms with Crippen LogP contribution in [0.25, 0.3) is 22.6 Å². The largest absolute Gasteiger partial charge is 0.326 e. The summed E-state index contributed by atoms with van der Waals surface area (Å²) in [6.07, 6.45) is 0. The Balaban J connectivity index is 2.10. The predicted octanol–water partition coefficient (Wildman–Crippen LogP) is 2.42. The number of para-hydroxylation sites is 2. The lowest BCUT2D eigenvalue weighted by Crippen LogP contribution is -2.04. The minimum absolute atomic E-state index is 0.800. The van der Waals surface area contributed by atoms with Crippen LogP contribution in [0.5, 0.6) is 0 Å². The molecule has 0 bridgehead atoms. The molecule has 4 nitrogen and oxygen atoms in total. The van der Waals surface area contributed by atoms with Crippen molar-refractivity contribution in [3.63, 3.8) is 0 Å². The Hall–Kier alpha value is -1.72. The first kappa shape index (κ1) is 11.4. The van der Waals surface area contributed by atoms with Gasteiger partial charge in [0.05, 0.1) is 11.0 Å². The van der Waals surface area contributed by atoms with Crippen LogP contribution in [-0.2, 0) is 13.6 Å². The summed E-state index contributed by atoms with van der Waals surface area (Å²) in [4.78, 5) is 9.24. The number of thiazole rings is 1. The number of hydrogen-bond acceptors (Lipinski definition) is 4. The number of nitrogens with zero attached hydrogens (tertiary/aromatic N) is 3. The predicted molar refractivity (Wildman–Crippen MR) is 74.6 cm³/mol. The van der Waals surface area contributed by atoms with Gasteiger partial charge in [0.15, 0.2) is 5.82 Å². The molecule has 0 unspecified atom stereocenters. The maximum absolute atomic E-state index is 4.64. The van der Waals surface area contributed by atoms with Gasteiger partial charge in [0.25, 0.3) is 0 Å². The van der Waals surface area contributed by atoms with Gasteiger partial charge in [0.2, 0.25) is 0 Å². The Morgan fingerprint density at radius 3 is 2.89 bits per heavy atom. The van der Waals surface area contributed by atoms with Crippen molar-refractivity contribution in [2.45, 2.75) is 6.54 Å².